The molecular formula is C14H20ClN. The van der Waals surface area contributed by atoms with E-state index in [1.54, 1.807) is 0 Å². The second-order valence-corrected chi connectivity index (χ2v) is 5.17. The van der Waals surface area contributed by atoms with Gasteiger partial charge in [-0.25, -0.2) is 0 Å². The molecule has 1 aromatic rings. The number of hydrogen-bond acceptors (Lipinski definition) is 1. The van der Waals surface area contributed by atoms with E-state index in [-0.39, 0.29) is 0 Å². The van der Waals surface area contributed by atoms with Gasteiger partial charge in [0.25, 0.3) is 0 Å². The Labute approximate surface area is 103 Å². The first kappa shape index (κ1) is 11.9. The van der Waals surface area contributed by atoms with Crippen molar-refractivity contribution in [1.29, 1.82) is 0 Å². The highest BCUT2D eigenvalue weighted by Crippen LogP contribution is 2.23. The first-order valence-corrected chi connectivity index (χ1v) is 6.67. The van der Waals surface area contributed by atoms with E-state index in [2.05, 4.69) is 17.4 Å². The highest BCUT2D eigenvalue weighted by Gasteiger charge is 2.13. The van der Waals surface area contributed by atoms with Gasteiger partial charge < -0.3 is 5.32 Å². The Balaban J connectivity index is 1.62. The molecule has 0 saturated heterocycles. The summed E-state index contributed by atoms with van der Waals surface area (Å²) < 4.78 is 0. The summed E-state index contributed by atoms with van der Waals surface area (Å²) in [5.41, 5.74) is 1.36. The van der Waals surface area contributed by atoms with Gasteiger partial charge in [-0.15, -0.1) is 0 Å². The van der Waals surface area contributed by atoms with E-state index in [1.807, 2.05) is 12.1 Å². The van der Waals surface area contributed by atoms with Gasteiger partial charge in [0.05, 0.1) is 0 Å². The van der Waals surface area contributed by atoms with Gasteiger partial charge in [0.1, 0.15) is 0 Å². The number of hydrogen-bond donors (Lipinski definition) is 1. The molecule has 0 spiro atoms. The molecule has 2 rings (SSSR count). The number of nitrogens with one attached hydrogen (secondary N) is 1. The minimum absolute atomic E-state index is 0.822. The summed E-state index contributed by atoms with van der Waals surface area (Å²) in [6.45, 7) is 2.28. The van der Waals surface area contributed by atoms with Crippen molar-refractivity contribution in [2.45, 2.75) is 32.1 Å². The molecule has 1 fully saturated rings. The van der Waals surface area contributed by atoms with Crippen LogP contribution in [-0.2, 0) is 6.42 Å². The smallest absolute Gasteiger partial charge is 0.0406 e. The normalized spacial score (nSPS) is 16.8. The van der Waals surface area contributed by atoms with Crippen molar-refractivity contribution in [1.82, 2.24) is 5.32 Å². The van der Waals surface area contributed by atoms with Gasteiger partial charge in [0.15, 0.2) is 0 Å². The average molecular weight is 238 g/mol. The molecule has 0 atom stereocenters. The van der Waals surface area contributed by atoms with E-state index >= 15 is 0 Å². The minimum atomic E-state index is 0.822. The average Bonchev–Trinajstić information content (AvgIpc) is 2.80. The van der Waals surface area contributed by atoms with Gasteiger partial charge in [0.2, 0.25) is 0 Å². The van der Waals surface area contributed by atoms with Crippen LogP contribution in [-0.4, -0.2) is 13.1 Å². The molecule has 0 amide bonds. The van der Waals surface area contributed by atoms with Gasteiger partial charge in [0, 0.05) is 5.02 Å². The van der Waals surface area contributed by atoms with Crippen LogP contribution in [0.5, 0.6) is 0 Å². The van der Waals surface area contributed by atoms with Crippen LogP contribution in [0.15, 0.2) is 24.3 Å². The summed E-state index contributed by atoms with van der Waals surface area (Å²) in [4.78, 5) is 0. The maximum Gasteiger partial charge on any atom is 0.0406 e. The van der Waals surface area contributed by atoms with Gasteiger partial charge in [-0.1, -0.05) is 36.6 Å². The Morgan fingerprint density at radius 3 is 2.50 bits per heavy atom. The first-order chi connectivity index (χ1) is 7.84. The summed E-state index contributed by atoms with van der Waals surface area (Å²) in [5.74, 6) is 0.935. The molecule has 1 aromatic carbocycles. The van der Waals surface area contributed by atoms with E-state index in [0.29, 0.717) is 0 Å². The molecule has 0 heterocycles. The molecule has 0 aliphatic heterocycles. The fourth-order valence-electron chi connectivity index (χ4n) is 2.40. The molecule has 16 heavy (non-hydrogen) atoms. The lowest BCUT2D eigenvalue weighted by Gasteiger charge is -2.10. The molecule has 88 valence electrons. The molecule has 1 aliphatic rings. The summed E-state index contributed by atoms with van der Waals surface area (Å²) in [7, 11) is 0. The van der Waals surface area contributed by atoms with Gasteiger partial charge in [-0.2, -0.15) is 0 Å². The lowest BCUT2D eigenvalue weighted by molar-refractivity contribution is 0.492. The fourth-order valence-corrected chi connectivity index (χ4v) is 2.53. The molecule has 1 saturated carbocycles. The molecular weight excluding hydrogens is 218 g/mol. The molecule has 0 unspecified atom stereocenters. The summed E-state index contributed by atoms with van der Waals surface area (Å²) in [6.07, 6.45) is 6.82. The second kappa shape index (κ2) is 6.27. The van der Waals surface area contributed by atoms with Crippen LogP contribution >= 0.6 is 11.6 Å². The van der Waals surface area contributed by atoms with E-state index in [0.717, 1.165) is 23.9 Å². The SMILES string of the molecule is Clc1ccc(CCNCC2CCCC2)cc1. The maximum atomic E-state index is 5.84. The minimum Gasteiger partial charge on any atom is -0.316 e. The third kappa shape index (κ3) is 3.80. The summed E-state index contributed by atoms with van der Waals surface area (Å²) >= 11 is 5.84. The quantitative estimate of drug-likeness (QED) is 0.771. The Kier molecular flexibility index (Phi) is 4.68. The molecule has 1 nitrogen and oxygen atoms in total. The largest absolute Gasteiger partial charge is 0.316 e. The zero-order valence-electron chi connectivity index (χ0n) is 9.71. The zero-order valence-corrected chi connectivity index (χ0v) is 10.5. The van der Waals surface area contributed by atoms with Crippen LogP contribution in [0, 0.1) is 5.92 Å². The molecule has 0 aromatic heterocycles. The zero-order chi connectivity index (χ0) is 11.2. The lowest BCUT2D eigenvalue weighted by Crippen LogP contribution is -2.23. The lowest BCUT2D eigenvalue weighted by atomic mass is 10.1. The highest BCUT2D eigenvalue weighted by atomic mass is 35.5. The van der Waals surface area contributed by atoms with Crippen molar-refractivity contribution in [2.75, 3.05) is 13.1 Å². The number of benzene rings is 1. The molecule has 1 N–H and O–H groups in total. The summed E-state index contributed by atoms with van der Waals surface area (Å²) in [6, 6.07) is 8.15. The van der Waals surface area contributed by atoms with Crippen LogP contribution in [0.25, 0.3) is 0 Å². The monoisotopic (exact) mass is 237 g/mol. The number of rotatable bonds is 5. The van der Waals surface area contributed by atoms with Gasteiger partial charge in [-0.3, -0.25) is 0 Å². The van der Waals surface area contributed by atoms with E-state index < -0.39 is 0 Å². The van der Waals surface area contributed by atoms with Crippen molar-refractivity contribution in [3.8, 4) is 0 Å². The Bertz CT molecular complexity index is 301. The van der Waals surface area contributed by atoms with E-state index in [1.165, 1.54) is 37.8 Å². The Hall–Kier alpha value is -0.530. The topological polar surface area (TPSA) is 12.0 Å². The van der Waals surface area contributed by atoms with E-state index in [4.69, 9.17) is 11.6 Å². The van der Waals surface area contributed by atoms with Crippen molar-refractivity contribution >= 4 is 11.6 Å². The van der Waals surface area contributed by atoms with E-state index in [9.17, 15) is 0 Å². The Morgan fingerprint density at radius 1 is 1.12 bits per heavy atom. The van der Waals surface area contributed by atoms with Crippen LogP contribution in [0.2, 0.25) is 5.02 Å². The van der Waals surface area contributed by atoms with Crippen molar-refractivity contribution in [3.63, 3.8) is 0 Å². The van der Waals surface area contributed by atoms with Crippen molar-refractivity contribution in [3.05, 3.63) is 34.9 Å². The third-order valence-corrected chi connectivity index (χ3v) is 3.66. The Morgan fingerprint density at radius 2 is 1.81 bits per heavy atom. The van der Waals surface area contributed by atoms with Crippen molar-refractivity contribution in [2.24, 2.45) is 5.92 Å². The van der Waals surface area contributed by atoms with Gasteiger partial charge >= 0.3 is 0 Å². The van der Waals surface area contributed by atoms with Crippen LogP contribution in [0.3, 0.4) is 0 Å². The predicted molar refractivity (Wildman–Crippen MR) is 70.0 cm³/mol. The third-order valence-electron chi connectivity index (χ3n) is 3.41. The molecule has 0 bridgehead atoms. The van der Waals surface area contributed by atoms with Crippen molar-refractivity contribution < 1.29 is 0 Å². The van der Waals surface area contributed by atoms with Crippen LogP contribution < -0.4 is 5.32 Å². The van der Waals surface area contributed by atoms with Crippen LogP contribution in [0.1, 0.15) is 31.2 Å². The van der Waals surface area contributed by atoms with Crippen LogP contribution in [0.4, 0.5) is 0 Å². The second-order valence-electron chi connectivity index (χ2n) is 4.73. The molecule has 2 heteroatoms. The predicted octanol–water partition coefficient (Wildman–Crippen LogP) is 3.66. The first-order valence-electron chi connectivity index (χ1n) is 6.30. The van der Waals surface area contributed by atoms with Gasteiger partial charge in [-0.05, 0) is 56.0 Å². The fraction of sp³-hybridized carbons (Fsp3) is 0.571. The highest BCUT2D eigenvalue weighted by molar-refractivity contribution is 6.30. The molecule has 1 aliphatic carbocycles. The molecule has 0 radical (unpaired) electrons. The standard InChI is InChI=1S/C14H20ClN/c15-14-7-5-12(6-8-14)9-10-16-11-13-3-1-2-4-13/h5-8,13,16H,1-4,9-11H2. The number of halogens is 1. The maximum absolute atomic E-state index is 5.84. The summed E-state index contributed by atoms with van der Waals surface area (Å²) in [5, 5.41) is 4.38.